The van der Waals surface area contributed by atoms with Crippen molar-refractivity contribution in [3.63, 3.8) is 0 Å². The van der Waals surface area contributed by atoms with Gasteiger partial charge in [-0.2, -0.15) is 0 Å². The van der Waals surface area contributed by atoms with Crippen LogP contribution in [-0.2, 0) is 0 Å². The lowest BCUT2D eigenvalue weighted by atomic mass is 9.91. The van der Waals surface area contributed by atoms with Gasteiger partial charge in [-0.3, -0.25) is 0 Å². The van der Waals surface area contributed by atoms with E-state index in [-0.39, 0.29) is 0 Å². The normalized spacial score (nSPS) is 35.6. The lowest BCUT2D eigenvalue weighted by Gasteiger charge is -2.31. The van der Waals surface area contributed by atoms with Crippen molar-refractivity contribution in [2.75, 3.05) is 6.54 Å². The third kappa shape index (κ3) is 3.23. The van der Waals surface area contributed by atoms with E-state index in [0.29, 0.717) is 6.04 Å². The van der Waals surface area contributed by atoms with Gasteiger partial charge in [0.1, 0.15) is 0 Å². The Morgan fingerprint density at radius 3 is 2.59 bits per heavy atom. The minimum absolute atomic E-state index is 0.710. The first kappa shape index (κ1) is 13.4. The van der Waals surface area contributed by atoms with Crippen molar-refractivity contribution in [2.45, 2.75) is 77.4 Å². The molecule has 100 valence electrons. The zero-order valence-electron chi connectivity index (χ0n) is 11.8. The standard InChI is InChI=1S/C15H30N2/c1-4-13(11(2)3)17-15-8-5-7-12(15)14-9-6-10-16-14/h11-17H,4-10H2,1-3H3. The highest BCUT2D eigenvalue weighted by atomic mass is 15.0. The Bertz CT molecular complexity index is 221. The van der Waals surface area contributed by atoms with Crippen molar-refractivity contribution in [3.05, 3.63) is 0 Å². The van der Waals surface area contributed by atoms with E-state index >= 15 is 0 Å². The quantitative estimate of drug-likeness (QED) is 0.769. The van der Waals surface area contributed by atoms with Crippen molar-refractivity contribution in [1.82, 2.24) is 10.6 Å². The van der Waals surface area contributed by atoms with Gasteiger partial charge in [0.15, 0.2) is 0 Å². The molecule has 0 aromatic rings. The van der Waals surface area contributed by atoms with E-state index in [4.69, 9.17) is 0 Å². The van der Waals surface area contributed by atoms with Crippen LogP contribution in [0.4, 0.5) is 0 Å². The number of rotatable bonds is 5. The maximum Gasteiger partial charge on any atom is 0.0113 e. The van der Waals surface area contributed by atoms with Gasteiger partial charge in [0.2, 0.25) is 0 Å². The Hall–Kier alpha value is -0.0800. The molecule has 4 unspecified atom stereocenters. The van der Waals surface area contributed by atoms with Gasteiger partial charge in [0.25, 0.3) is 0 Å². The highest BCUT2D eigenvalue weighted by Crippen LogP contribution is 2.32. The fourth-order valence-electron chi connectivity index (χ4n) is 3.81. The fraction of sp³-hybridized carbons (Fsp3) is 1.00. The molecule has 4 atom stereocenters. The van der Waals surface area contributed by atoms with Crippen molar-refractivity contribution >= 4 is 0 Å². The lowest BCUT2D eigenvalue weighted by molar-refractivity contribution is 0.267. The Morgan fingerprint density at radius 2 is 2.00 bits per heavy atom. The highest BCUT2D eigenvalue weighted by molar-refractivity contribution is 4.94. The lowest BCUT2D eigenvalue weighted by Crippen LogP contribution is -2.47. The van der Waals surface area contributed by atoms with Crippen LogP contribution in [0.1, 0.15) is 59.3 Å². The second-order valence-corrected chi connectivity index (χ2v) is 6.33. The van der Waals surface area contributed by atoms with Crippen molar-refractivity contribution in [3.8, 4) is 0 Å². The summed E-state index contributed by atoms with van der Waals surface area (Å²) in [6.07, 6.45) is 8.31. The van der Waals surface area contributed by atoms with E-state index in [2.05, 4.69) is 31.4 Å². The molecule has 0 aromatic heterocycles. The Labute approximate surface area is 107 Å². The van der Waals surface area contributed by atoms with Crippen molar-refractivity contribution < 1.29 is 0 Å². The largest absolute Gasteiger partial charge is 0.314 e. The molecule has 0 aromatic carbocycles. The van der Waals surface area contributed by atoms with Crippen LogP contribution in [0.2, 0.25) is 0 Å². The molecular weight excluding hydrogens is 208 g/mol. The predicted octanol–water partition coefficient (Wildman–Crippen LogP) is 2.93. The van der Waals surface area contributed by atoms with Gasteiger partial charge in [-0.05, 0) is 50.5 Å². The maximum atomic E-state index is 3.95. The van der Waals surface area contributed by atoms with E-state index in [9.17, 15) is 0 Å². The molecule has 2 fully saturated rings. The first-order valence-electron chi connectivity index (χ1n) is 7.71. The van der Waals surface area contributed by atoms with Gasteiger partial charge in [-0.15, -0.1) is 0 Å². The van der Waals surface area contributed by atoms with E-state index in [0.717, 1.165) is 23.9 Å². The molecule has 2 N–H and O–H groups in total. The van der Waals surface area contributed by atoms with Crippen LogP contribution in [0.25, 0.3) is 0 Å². The van der Waals surface area contributed by atoms with E-state index in [1.807, 2.05) is 0 Å². The molecule has 17 heavy (non-hydrogen) atoms. The molecule has 0 amide bonds. The molecule has 1 saturated carbocycles. The van der Waals surface area contributed by atoms with Crippen molar-refractivity contribution in [1.29, 1.82) is 0 Å². The molecule has 2 heteroatoms. The first-order chi connectivity index (χ1) is 8.22. The van der Waals surface area contributed by atoms with Crippen LogP contribution >= 0.6 is 0 Å². The topological polar surface area (TPSA) is 24.1 Å². The van der Waals surface area contributed by atoms with Gasteiger partial charge in [0.05, 0.1) is 0 Å². The number of nitrogens with one attached hydrogen (secondary N) is 2. The predicted molar refractivity (Wildman–Crippen MR) is 74.2 cm³/mol. The van der Waals surface area contributed by atoms with Crippen LogP contribution in [0.5, 0.6) is 0 Å². The minimum atomic E-state index is 0.710. The Balaban J connectivity index is 1.89. The average molecular weight is 238 g/mol. The summed E-state index contributed by atoms with van der Waals surface area (Å²) in [7, 11) is 0. The summed E-state index contributed by atoms with van der Waals surface area (Å²) < 4.78 is 0. The van der Waals surface area contributed by atoms with Crippen LogP contribution in [-0.4, -0.2) is 24.7 Å². The smallest absolute Gasteiger partial charge is 0.0113 e. The van der Waals surface area contributed by atoms with Crippen LogP contribution in [0, 0.1) is 11.8 Å². The zero-order valence-corrected chi connectivity index (χ0v) is 11.8. The molecule has 2 nitrogen and oxygen atoms in total. The van der Waals surface area contributed by atoms with E-state index in [1.165, 1.54) is 45.1 Å². The molecule has 1 saturated heterocycles. The molecule has 0 spiro atoms. The van der Waals surface area contributed by atoms with Crippen LogP contribution in [0.3, 0.4) is 0 Å². The first-order valence-corrected chi connectivity index (χ1v) is 7.71. The summed E-state index contributed by atoms with van der Waals surface area (Å²) in [5.41, 5.74) is 0. The van der Waals surface area contributed by atoms with E-state index < -0.39 is 0 Å². The summed E-state index contributed by atoms with van der Waals surface area (Å²) in [5, 5.41) is 7.66. The van der Waals surface area contributed by atoms with Crippen LogP contribution in [0.15, 0.2) is 0 Å². The molecule has 1 aliphatic carbocycles. The summed E-state index contributed by atoms with van der Waals surface area (Å²) in [6.45, 7) is 8.25. The van der Waals surface area contributed by atoms with Crippen LogP contribution < -0.4 is 10.6 Å². The molecule has 0 radical (unpaired) electrons. The monoisotopic (exact) mass is 238 g/mol. The maximum absolute atomic E-state index is 3.95. The number of hydrogen-bond donors (Lipinski definition) is 2. The molecule has 1 aliphatic heterocycles. The van der Waals surface area contributed by atoms with E-state index in [1.54, 1.807) is 0 Å². The Morgan fingerprint density at radius 1 is 1.18 bits per heavy atom. The molecule has 2 aliphatic rings. The second kappa shape index (κ2) is 6.19. The Kier molecular flexibility index (Phi) is 4.87. The highest BCUT2D eigenvalue weighted by Gasteiger charge is 2.35. The third-order valence-electron chi connectivity index (χ3n) is 4.86. The molecule has 2 rings (SSSR count). The minimum Gasteiger partial charge on any atom is -0.314 e. The average Bonchev–Trinajstić information content (AvgIpc) is 2.95. The summed E-state index contributed by atoms with van der Waals surface area (Å²) in [6, 6.07) is 2.29. The molecular formula is C15H30N2. The van der Waals surface area contributed by atoms with Crippen molar-refractivity contribution in [2.24, 2.45) is 11.8 Å². The van der Waals surface area contributed by atoms with Gasteiger partial charge in [-0.1, -0.05) is 27.2 Å². The summed E-state index contributed by atoms with van der Waals surface area (Å²) in [5.74, 6) is 1.66. The van der Waals surface area contributed by atoms with Gasteiger partial charge >= 0.3 is 0 Å². The number of hydrogen-bond acceptors (Lipinski definition) is 2. The second-order valence-electron chi connectivity index (χ2n) is 6.33. The summed E-state index contributed by atoms with van der Waals surface area (Å²) >= 11 is 0. The van der Waals surface area contributed by atoms with Gasteiger partial charge in [0, 0.05) is 18.1 Å². The molecule has 1 heterocycles. The summed E-state index contributed by atoms with van der Waals surface area (Å²) in [4.78, 5) is 0. The SMILES string of the molecule is CCC(NC1CCCC1C1CCCN1)C(C)C. The third-order valence-corrected chi connectivity index (χ3v) is 4.86. The molecule has 0 bridgehead atoms. The van der Waals surface area contributed by atoms with Gasteiger partial charge in [-0.25, -0.2) is 0 Å². The zero-order chi connectivity index (χ0) is 12.3. The van der Waals surface area contributed by atoms with Gasteiger partial charge < -0.3 is 10.6 Å². The fourth-order valence-corrected chi connectivity index (χ4v) is 3.81.